The molecule has 0 fully saturated rings. The first kappa shape index (κ1) is 12.6. The van der Waals surface area contributed by atoms with Crippen LogP contribution in [-0.4, -0.2) is 10.1 Å². The molecule has 0 spiro atoms. The quantitative estimate of drug-likeness (QED) is 0.942. The third-order valence-electron chi connectivity index (χ3n) is 3.33. The maximum absolute atomic E-state index is 9.76. The molecule has 0 saturated carbocycles. The second-order valence-electron chi connectivity index (χ2n) is 4.72. The molecule has 1 heterocycles. The average molecular weight is 320 g/mol. The Balaban J connectivity index is 1.71. The van der Waals surface area contributed by atoms with Crippen molar-refractivity contribution in [2.45, 2.75) is 25.6 Å². The number of halogens is 1. The summed E-state index contributed by atoms with van der Waals surface area (Å²) in [5.74, 6) is 0.841. The largest absolute Gasteiger partial charge is 0.489 e. The smallest absolute Gasteiger partial charge is 0.120 e. The molecule has 0 radical (unpaired) electrons. The summed E-state index contributed by atoms with van der Waals surface area (Å²) in [4.78, 5) is 4.10. The van der Waals surface area contributed by atoms with Crippen molar-refractivity contribution < 1.29 is 9.84 Å². The van der Waals surface area contributed by atoms with Gasteiger partial charge in [0.15, 0.2) is 0 Å². The minimum Gasteiger partial charge on any atom is -0.489 e. The minimum atomic E-state index is -0.307. The van der Waals surface area contributed by atoms with Crippen molar-refractivity contribution in [2.75, 3.05) is 0 Å². The first-order valence-electron chi connectivity index (χ1n) is 6.25. The molecule has 19 heavy (non-hydrogen) atoms. The Morgan fingerprint density at radius 3 is 3.05 bits per heavy atom. The summed E-state index contributed by atoms with van der Waals surface area (Å²) >= 11 is 3.39. The van der Waals surface area contributed by atoms with E-state index in [9.17, 15) is 5.11 Å². The van der Waals surface area contributed by atoms with Crippen LogP contribution in [0.4, 0.5) is 0 Å². The zero-order valence-corrected chi connectivity index (χ0v) is 11.9. The molecule has 0 aliphatic heterocycles. The number of benzene rings is 1. The van der Waals surface area contributed by atoms with Gasteiger partial charge in [-0.2, -0.15) is 0 Å². The van der Waals surface area contributed by atoms with Crippen LogP contribution in [0.5, 0.6) is 5.75 Å². The van der Waals surface area contributed by atoms with Gasteiger partial charge in [0.25, 0.3) is 0 Å². The SMILES string of the molecule is O[C@H]1CCc2cc(OCc3cncc(Br)c3)ccc21. The maximum Gasteiger partial charge on any atom is 0.120 e. The molecule has 1 aliphatic rings. The molecule has 1 aromatic carbocycles. The van der Waals surface area contributed by atoms with Crippen LogP contribution >= 0.6 is 15.9 Å². The van der Waals surface area contributed by atoms with Crippen molar-refractivity contribution in [1.29, 1.82) is 0 Å². The number of aryl methyl sites for hydroxylation is 1. The highest BCUT2D eigenvalue weighted by atomic mass is 79.9. The Morgan fingerprint density at radius 2 is 2.21 bits per heavy atom. The van der Waals surface area contributed by atoms with E-state index in [1.165, 1.54) is 5.56 Å². The van der Waals surface area contributed by atoms with Gasteiger partial charge in [-0.3, -0.25) is 4.98 Å². The highest BCUT2D eigenvalue weighted by molar-refractivity contribution is 9.10. The summed E-state index contributed by atoms with van der Waals surface area (Å²) in [6, 6.07) is 7.89. The van der Waals surface area contributed by atoms with E-state index >= 15 is 0 Å². The number of hydrogen-bond donors (Lipinski definition) is 1. The van der Waals surface area contributed by atoms with E-state index in [2.05, 4.69) is 20.9 Å². The summed E-state index contributed by atoms with van der Waals surface area (Å²) in [5, 5.41) is 9.76. The first-order valence-corrected chi connectivity index (χ1v) is 7.05. The monoisotopic (exact) mass is 319 g/mol. The van der Waals surface area contributed by atoms with E-state index in [0.29, 0.717) is 6.61 Å². The Bertz CT molecular complexity index is 600. The fourth-order valence-corrected chi connectivity index (χ4v) is 2.77. The predicted octanol–water partition coefficient (Wildman–Crippen LogP) is 3.40. The molecular formula is C15H14BrNO2. The van der Waals surface area contributed by atoms with E-state index in [1.54, 1.807) is 12.4 Å². The van der Waals surface area contributed by atoms with Crippen LogP contribution in [0.15, 0.2) is 41.1 Å². The number of hydrogen-bond acceptors (Lipinski definition) is 3. The van der Waals surface area contributed by atoms with Gasteiger partial charge in [-0.25, -0.2) is 0 Å². The standard InChI is InChI=1S/C15H14BrNO2/c16-12-5-10(7-17-8-12)9-19-13-2-3-14-11(6-13)1-4-15(14)18/h2-3,5-8,15,18H,1,4,9H2/t15-/m0/s1. The second-order valence-corrected chi connectivity index (χ2v) is 5.63. The zero-order chi connectivity index (χ0) is 13.2. The van der Waals surface area contributed by atoms with Gasteiger partial charge in [-0.1, -0.05) is 6.07 Å². The second kappa shape index (κ2) is 5.31. The number of aliphatic hydroxyl groups is 1. The highest BCUT2D eigenvalue weighted by Crippen LogP contribution is 2.33. The van der Waals surface area contributed by atoms with E-state index in [-0.39, 0.29) is 6.10 Å². The molecule has 0 unspecified atom stereocenters. The zero-order valence-electron chi connectivity index (χ0n) is 10.3. The lowest BCUT2D eigenvalue weighted by Gasteiger charge is -2.09. The van der Waals surface area contributed by atoms with Gasteiger partial charge in [0.05, 0.1) is 6.10 Å². The number of rotatable bonds is 3. The molecule has 0 bridgehead atoms. The third kappa shape index (κ3) is 2.80. The van der Waals surface area contributed by atoms with Crippen LogP contribution in [0.3, 0.4) is 0 Å². The summed E-state index contributed by atoms with van der Waals surface area (Å²) in [6.07, 6.45) is 4.97. The lowest BCUT2D eigenvalue weighted by Crippen LogP contribution is -1.97. The van der Waals surface area contributed by atoms with Crippen LogP contribution in [0.2, 0.25) is 0 Å². The van der Waals surface area contributed by atoms with Crippen molar-refractivity contribution >= 4 is 15.9 Å². The minimum absolute atomic E-state index is 0.307. The van der Waals surface area contributed by atoms with Gasteiger partial charge in [0.1, 0.15) is 12.4 Å². The average Bonchev–Trinajstić information content (AvgIpc) is 2.78. The van der Waals surface area contributed by atoms with Crippen LogP contribution in [0.25, 0.3) is 0 Å². The molecule has 4 heteroatoms. The number of ether oxygens (including phenoxy) is 1. The Kier molecular flexibility index (Phi) is 3.53. The molecule has 0 amide bonds. The highest BCUT2D eigenvalue weighted by Gasteiger charge is 2.20. The molecular weight excluding hydrogens is 306 g/mol. The Morgan fingerprint density at radius 1 is 1.32 bits per heavy atom. The summed E-state index contributed by atoms with van der Waals surface area (Å²) in [6.45, 7) is 0.494. The maximum atomic E-state index is 9.76. The number of pyridine rings is 1. The van der Waals surface area contributed by atoms with Crippen molar-refractivity contribution in [3.8, 4) is 5.75 Å². The van der Waals surface area contributed by atoms with E-state index in [1.807, 2.05) is 24.3 Å². The van der Waals surface area contributed by atoms with Gasteiger partial charge in [0.2, 0.25) is 0 Å². The molecule has 3 rings (SSSR count). The summed E-state index contributed by atoms with van der Waals surface area (Å²) in [5.41, 5.74) is 3.25. The van der Waals surface area contributed by atoms with E-state index < -0.39 is 0 Å². The number of aliphatic hydroxyl groups excluding tert-OH is 1. The van der Waals surface area contributed by atoms with Crippen LogP contribution < -0.4 is 4.74 Å². The topological polar surface area (TPSA) is 42.4 Å². The molecule has 1 N–H and O–H groups in total. The van der Waals surface area contributed by atoms with Crippen molar-refractivity contribution in [3.63, 3.8) is 0 Å². The van der Waals surface area contributed by atoms with Gasteiger partial charge in [0, 0.05) is 22.4 Å². The molecule has 2 aromatic rings. The first-order chi connectivity index (χ1) is 9.22. The third-order valence-corrected chi connectivity index (χ3v) is 3.76. The van der Waals surface area contributed by atoms with Crippen LogP contribution in [-0.2, 0) is 13.0 Å². The van der Waals surface area contributed by atoms with Crippen LogP contribution in [0.1, 0.15) is 29.2 Å². The van der Waals surface area contributed by atoms with Crippen LogP contribution in [0, 0.1) is 0 Å². The lowest BCUT2D eigenvalue weighted by atomic mass is 10.1. The van der Waals surface area contributed by atoms with Crippen molar-refractivity contribution in [3.05, 3.63) is 57.8 Å². The number of nitrogens with zero attached hydrogens (tertiary/aromatic N) is 1. The number of aromatic nitrogens is 1. The molecule has 3 nitrogen and oxygen atoms in total. The molecule has 0 saturated heterocycles. The molecule has 1 aromatic heterocycles. The van der Waals surface area contributed by atoms with Gasteiger partial charge in [-0.15, -0.1) is 0 Å². The molecule has 1 aliphatic carbocycles. The van der Waals surface area contributed by atoms with E-state index in [0.717, 1.165) is 34.2 Å². The van der Waals surface area contributed by atoms with Gasteiger partial charge in [-0.05, 0) is 58.1 Å². The summed E-state index contributed by atoms with van der Waals surface area (Å²) in [7, 11) is 0. The normalized spacial score (nSPS) is 17.3. The lowest BCUT2D eigenvalue weighted by molar-refractivity contribution is 0.180. The van der Waals surface area contributed by atoms with Crippen molar-refractivity contribution in [2.24, 2.45) is 0 Å². The van der Waals surface area contributed by atoms with E-state index in [4.69, 9.17) is 4.74 Å². The number of fused-ring (bicyclic) bond motifs is 1. The molecule has 1 atom stereocenters. The Labute approximate surface area is 120 Å². The van der Waals surface area contributed by atoms with Crippen molar-refractivity contribution in [1.82, 2.24) is 4.98 Å². The predicted molar refractivity (Wildman–Crippen MR) is 76.0 cm³/mol. The Hall–Kier alpha value is -1.39. The summed E-state index contributed by atoms with van der Waals surface area (Å²) < 4.78 is 6.71. The van der Waals surface area contributed by atoms with Gasteiger partial charge < -0.3 is 9.84 Å². The fourth-order valence-electron chi connectivity index (χ4n) is 2.36. The fraction of sp³-hybridized carbons (Fsp3) is 0.267. The van der Waals surface area contributed by atoms with Gasteiger partial charge >= 0.3 is 0 Å². The molecule has 98 valence electrons.